The molecule has 1 amide bonds. The van der Waals surface area contributed by atoms with Crippen LogP contribution in [0.2, 0.25) is 5.02 Å². The summed E-state index contributed by atoms with van der Waals surface area (Å²) in [6.07, 6.45) is 0. The molecule has 0 bridgehead atoms. The smallest absolute Gasteiger partial charge is 0.276 e. The highest BCUT2D eigenvalue weighted by atomic mass is 35.5. The molecule has 0 aliphatic heterocycles. The Morgan fingerprint density at radius 3 is 2.70 bits per heavy atom. The number of amides is 1. The first kappa shape index (κ1) is 19.3. The molecule has 0 fully saturated rings. The number of methoxy groups -OCH3 is 1. The lowest BCUT2D eigenvalue weighted by molar-refractivity contribution is -0.885. The van der Waals surface area contributed by atoms with Gasteiger partial charge in [-0.2, -0.15) is 5.26 Å². The molecule has 1 unspecified atom stereocenters. The Labute approximate surface area is 143 Å². The SMILES string of the molecule is COc1ccc(Cl)cc1C[NH+](C)CC(=O)N[C@](C)(C#N)C(C)C. The van der Waals surface area contributed by atoms with E-state index in [1.165, 1.54) is 0 Å². The average molecular weight is 339 g/mol. The van der Waals surface area contributed by atoms with Crippen molar-refractivity contribution in [3.05, 3.63) is 28.8 Å². The van der Waals surface area contributed by atoms with Crippen LogP contribution in [0, 0.1) is 17.2 Å². The summed E-state index contributed by atoms with van der Waals surface area (Å²) in [6.45, 7) is 6.43. The van der Waals surface area contributed by atoms with Gasteiger partial charge in [0.2, 0.25) is 0 Å². The van der Waals surface area contributed by atoms with Gasteiger partial charge in [-0.3, -0.25) is 4.79 Å². The van der Waals surface area contributed by atoms with Gasteiger partial charge in [-0.25, -0.2) is 0 Å². The summed E-state index contributed by atoms with van der Waals surface area (Å²) in [5.41, 5.74) is 0.0858. The van der Waals surface area contributed by atoms with Gasteiger partial charge in [-0.15, -0.1) is 0 Å². The van der Waals surface area contributed by atoms with E-state index in [-0.39, 0.29) is 18.4 Å². The number of hydrogen-bond donors (Lipinski definition) is 2. The number of nitriles is 1. The minimum atomic E-state index is -0.856. The van der Waals surface area contributed by atoms with Crippen LogP contribution in [0.15, 0.2) is 18.2 Å². The summed E-state index contributed by atoms with van der Waals surface area (Å²) in [4.78, 5) is 13.2. The largest absolute Gasteiger partial charge is 0.496 e. The van der Waals surface area contributed by atoms with Gasteiger partial charge in [0.05, 0.1) is 20.2 Å². The maximum atomic E-state index is 12.2. The van der Waals surface area contributed by atoms with Crippen LogP contribution >= 0.6 is 11.6 Å². The molecule has 126 valence electrons. The Morgan fingerprint density at radius 1 is 1.52 bits per heavy atom. The molecule has 0 spiro atoms. The molecule has 2 N–H and O–H groups in total. The summed E-state index contributed by atoms with van der Waals surface area (Å²) in [5, 5.41) is 12.7. The number of halogens is 1. The normalized spacial score (nSPS) is 14.7. The zero-order valence-corrected chi connectivity index (χ0v) is 15.1. The summed E-state index contributed by atoms with van der Waals surface area (Å²) < 4.78 is 5.32. The van der Waals surface area contributed by atoms with Crippen molar-refractivity contribution in [2.75, 3.05) is 20.7 Å². The van der Waals surface area contributed by atoms with Gasteiger partial charge in [0, 0.05) is 10.6 Å². The van der Waals surface area contributed by atoms with Crippen LogP contribution in [-0.2, 0) is 11.3 Å². The molecule has 1 aromatic rings. The van der Waals surface area contributed by atoms with E-state index < -0.39 is 5.54 Å². The second-order valence-corrected chi connectivity index (χ2v) is 6.72. The van der Waals surface area contributed by atoms with Crippen molar-refractivity contribution in [3.63, 3.8) is 0 Å². The van der Waals surface area contributed by atoms with Crippen molar-refractivity contribution >= 4 is 17.5 Å². The van der Waals surface area contributed by atoms with Crippen molar-refractivity contribution in [1.29, 1.82) is 5.26 Å². The molecule has 0 heterocycles. The summed E-state index contributed by atoms with van der Waals surface area (Å²) in [7, 11) is 3.52. The van der Waals surface area contributed by atoms with E-state index in [9.17, 15) is 10.1 Å². The molecular formula is C17H25ClN3O2+. The van der Waals surface area contributed by atoms with E-state index in [1.54, 1.807) is 20.1 Å². The molecule has 0 saturated heterocycles. The van der Waals surface area contributed by atoms with E-state index >= 15 is 0 Å². The van der Waals surface area contributed by atoms with E-state index in [4.69, 9.17) is 16.3 Å². The van der Waals surface area contributed by atoms with E-state index in [0.717, 1.165) is 16.2 Å². The molecule has 0 aliphatic rings. The van der Waals surface area contributed by atoms with Crippen LogP contribution in [0.3, 0.4) is 0 Å². The zero-order chi connectivity index (χ0) is 17.6. The average Bonchev–Trinajstić information content (AvgIpc) is 2.46. The molecule has 0 aliphatic carbocycles. The Kier molecular flexibility index (Phi) is 6.86. The maximum Gasteiger partial charge on any atom is 0.276 e. The van der Waals surface area contributed by atoms with E-state index in [0.29, 0.717) is 11.6 Å². The maximum absolute atomic E-state index is 12.2. The predicted octanol–water partition coefficient (Wildman–Crippen LogP) is 1.42. The number of rotatable bonds is 7. The molecule has 6 heteroatoms. The first-order valence-corrected chi connectivity index (χ1v) is 7.95. The number of nitrogens with zero attached hydrogens (tertiary/aromatic N) is 1. The summed E-state index contributed by atoms with van der Waals surface area (Å²) >= 11 is 6.02. The van der Waals surface area contributed by atoms with Crippen molar-refractivity contribution in [3.8, 4) is 11.8 Å². The number of quaternary nitrogens is 1. The summed E-state index contributed by atoms with van der Waals surface area (Å²) in [6, 6.07) is 7.61. The predicted molar refractivity (Wildman–Crippen MR) is 90.5 cm³/mol. The molecule has 0 aromatic heterocycles. The number of benzene rings is 1. The molecule has 23 heavy (non-hydrogen) atoms. The quantitative estimate of drug-likeness (QED) is 0.790. The molecule has 1 aromatic carbocycles. The number of carbonyl (C=O) groups is 1. The van der Waals surface area contributed by atoms with Gasteiger partial charge in [0.15, 0.2) is 6.54 Å². The lowest BCUT2D eigenvalue weighted by Crippen LogP contribution is -3.09. The van der Waals surface area contributed by atoms with Gasteiger partial charge in [-0.05, 0) is 31.0 Å². The van der Waals surface area contributed by atoms with E-state index in [2.05, 4.69) is 11.4 Å². The fourth-order valence-corrected chi connectivity index (χ4v) is 2.38. The van der Waals surface area contributed by atoms with Crippen LogP contribution in [0.25, 0.3) is 0 Å². The number of hydrogen-bond acceptors (Lipinski definition) is 3. The van der Waals surface area contributed by atoms with Crippen molar-refractivity contribution < 1.29 is 14.4 Å². The zero-order valence-electron chi connectivity index (χ0n) is 14.4. The number of carbonyl (C=O) groups excluding carboxylic acids is 1. The van der Waals surface area contributed by atoms with Crippen LogP contribution in [0.4, 0.5) is 0 Å². The summed E-state index contributed by atoms with van der Waals surface area (Å²) in [5.74, 6) is 0.629. The Hall–Kier alpha value is -1.77. The van der Waals surface area contributed by atoms with Gasteiger partial charge in [0.1, 0.15) is 17.8 Å². The molecule has 0 radical (unpaired) electrons. The highest BCUT2D eigenvalue weighted by molar-refractivity contribution is 6.30. The minimum Gasteiger partial charge on any atom is -0.496 e. The van der Waals surface area contributed by atoms with Crippen LogP contribution in [0.1, 0.15) is 26.3 Å². The first-order valence-electron chi connectivity index (χ1n) is 7.57. The third-order valence-electron chi connectivity index (χ3n) is 3.98. The van der Waals surface area contributed by atoms with Gasteiger partial charge in [-0.1, -0.05) is 25.4 Å². The molecular weight excluding hydrogens is 314 g/mol. The lowest BCUT2D eigenvalue weighted by atomic mass is 9.90. The van der Waals surface area contributed by atoms with Crippen LogP contribution in [0.5, 0.6) is 5.75 Å². The first-order chi connectivity index (χ1) is 10.7. The Balaban J connectivity index is 2.70. The molecule has 1 rings (SSSR count). The fourth-order valence-electron chi connectivity index (χ4n) is 2.18. The minimum absolute atomic E-state index is 0.0322. The Morgan fingerprint density at radius 2 is 2.17 bits per heavy atom. The second kappa shape index (κ2) is 8.19. The van der Waals surface area contributed by atoms with Gasteiger partial charge >= 0.3 is 0 Å². The third-order valence-corrected chi connectivity index (χ3v) is 4.22. The van der Waals surface area contributed by atoms with Gasteiger partial charge in [0.25, 0.3) is 5.91 Å². The lowest BCUT2D eigenvalue weighted by Gasteiger charge is -2.27. The molecule has 2 atom stereocenters. The topological polar surface area (TPSA) is 66.6 Å². The highest BCUT2D eigenvalue weighted by Gasteiger charge is 2.30. The molecule has 5 nitrogen and oxygen atoms in total. The van der Waals surface area contributed by atoms with Gasteiger partial charge < -0.3 is 15.0 Å². The fraction of sp³-hybridized carbons (Fsp3) is 0.529. The van der Waals surface area contributed by atoms with Crippen molar-refractivity contribution in [2.45, 2.75) is 32.9 Å². The van der Waals surface area contributed by atoms with Crippen molar-refractivity contribution in [2.24, 2.45) is 5.92 Å². The standard InChI is InChI=1S/C17H24ClN3O2/c1-12(2)17(3,11-19)20-16(22)10-21(4)9-13-8-14(18)6-7-15(13)23-5/h6-8,12H,9-10H2,1-5H3,(H,20,22)/p+1/t17-/m1/s1. The number of ether oxygens (including phenoxy) is 1. The number of likely N-dealkylation sites (N-methyl/N-ethyl adjacent to an activating group) is 1. The van der Waals surface area contributed by atoms with E-state index in [1.807, 2.05) is 33.0 Å². The highest BCUT2D eigenvalue weighted by Crippen LogP contribution is 2.21. The van der Waals surface area contributed by atoms with Crippen molar-refractivity contribution in [1.82, 2.24) is 5.32 Å². The third kappa shape index (κ3) is 5.42. The van der Waals surface area contributed by atoms with Crippen LogP contribution < -0.4 is 15.0 Å². The molecule has 0 saturated carbocycles. The number of nitrogens with one attached hydrogen (secondary N) is 2. The second-order valence-electron chi connectivity index (χ2n) is 6.28. The van der Waals surface area contributed by atoms with Crippen LogP contribution in [-0.4, -0.2) is 32.1 Å². The Bertz CT molecular complexity index is 598. The monoisotopic (exact) mass is 338 g/mol.